The van der Waals surface area contributed by atoms with Gasteiger partial charge in [0.05, 0.1) is 5.69 Å². The van der Waals surface area contributed by atoms with E-state index in [1.807, 2.05) is 61.5 Å². The highest BCUT2D eigenvalue weighted by molar-refractivity contribution is 5.75. The van der Waals surface area contributed by atoms with Crippen LogP contribution in [-0.2, 0) is 0 Å². The van der Waals surface area contributed by atoms with Crippen LogP contribution in [0.4, 0.5) is 11.6 Å². The van der Waals surface area contributed by atoms with Crippen molar-refractivity contribution < 1.29 is 0 Å². The van der Waals surface area contributed by atoms with Crippen LogP contribution in [0.15, 0.2) is 59.4 Å². The predicted molar refractivity (Wildman–Crippen MR) is 99.8 cm³/mol. The van der Waals surface area contributed by atoms with E-state index in [1.165, 1.54) is 0 Å². The van der Waals surface area contributed by atoms with Crippen LogP contribution in [0, 0.1) is 6.92 Å². The number of H-pyrrole nitrogens is 1. The van der Waals surface area contributed by atoms with Gasteiger partial charge in [0, 0.05) is 11.1 Å². The lowest BCUT2D eigenvalue weighted by atomic mass is 9.92. The van der Waals surface area contributed by atoms with E-state index >= 15 is 0 Å². The Hall–Kier alpha value is -3.81. The number of rotatable bonds is 2. The standard InChI is InChI=1S/C19H15N7O/c1-11-7-9-13(10-8-11)17-14-15(12-5-3-2-4-6-12)21-22-18(27)16(14)20-19-23-24-25-26(17)19/h2-10,17H,1H3,(H,22,27)(H,20,23,25). The third-order valence-corrected chi connectivity index (χ3v) is 4.71. The number of hydrogen-bond acceptors (Lipinski definition) is 6. The minimum absolute atomic E-state index is 0.309. The van der Waals surface area contributed by atoms with Crippen molar-refractivity contribution in [3.63, 3.8) is 0 Å². The second-order valence-electron chi connectivity index (χ2n) is 6.44. The predicted octanol–water partition coefficient (Wildman–Crippen LogP) is 2.43. The first kappa shape index (κ1) is 15.4. The second-order valence-corrected chi connectivity index (χ2v) is 6.44. The lowest BCUT2D eigenvalue weighted by Gasteiger charge is -2.27. The van der Waals surface area contributed by atoms with Gasteiger partial charge in [0.2, 0.25) is 5.95 Å². The van der Waals surface area contributed by atoms with E-state index in [2.05, 4.69) is 31.0 Å². The van der Waals surface area contributed by atoms with Gasteiger partial charge in [0.1, 0.15) is 11.7 Å². The van der Waals surface area contributed by atoms with E-state index in [0.717, 1.165) is 22.3 Å². The molecule has 0 amide bonds. The Kier molecular flexibility index (Phi) is 3.36. The number of fused-ring (bicyclic) bond motifs is 2. The number of hydrogen-bond donors (Lipinski definition) is 2. The molecule has 132 valence electrons. The minimum Gasteiger partial charge on any atom is -0.318 e. The molecule has 2 N–H and O–H groups in total. The zero-order chi connectivity index (χ0) is 18.4. The summed E-state index contributed by atoms with van der Waals surface area (Å²) in [4.78, 5) is 12.6. The first-order valence-electron chi connectivity index (χ1n) is 8.52. The fourth-order valence-electron chi connectivity index (χ4n) is 3.41. The molecule has 3 heterocycles. The fourth-order valence-corrected chi connectivity index (χ4v) is 3.41. The van der Waals surface area contributed by atoms with E-state index in [1.54, 1.807) is 4.68 Å². The quantitative estimate of drug-likeness (QED) is 0.503. The summed E-state index contributed by atoms with van der Waals surface area (Å²) in [5, 5.41) is 21.9. The zero-order valence-electron chi connectivity index (χ0n) is 14.4. The molecule has 8 heteroatoms. The molecule has 5 rings (SSSR count). The molecule has 2 aromatic carbocycles. The number of aromatic amines is 1. The largest absolute Gasteiger partial charge is 0.318 e. The fraction of sp³-hybridized carbons (Fsp3) is 0.105. The molecule has 0 fully saturated rings. The molecule has 4 aromatic rings. The molecule has 1 unspecified atom stereocenters. The van der Waals surface area contributed by atoms with Crippen molar-refractivity contribution in [3.8, 4) is 11.3 Å². The van der Waals surface area contributed by atoms with Gasteiger partial charge in [0.25, 0.3) is 5.56 Å². The topological polar surface area (TPSA) is 101 Å². The summed E-state index contributed by atoms with van der Waals surface area (Å²) in [5.74, 6) is 0.420. The van der Waals surface area contributed by atoms with Crippen LogP contribution in [0.5, 0.6) is 0 Å². The molecule has 1 aliphatic heterocycles. The highest BCUT2D eigenvalue weighted by Crippen LogP contribution is 2.40. The molecule has 0 spiro atoms. The number of nitrogens with zero attached hydrogens (tertiary/aromatic N) is 5. The molecule has 0 aliphatic carbocycles. The van der Waals surface area contributed by atoms with Gasteiger partial charge in [-0.3, -0.25) is 4.79 Å². The first-order chi connectivity index (χ1) is 13.2. The molecule has 2 aromatic heterocycles. The number of anilines is 2. The Morgan fingerprint density at radius 2 is 1.81 bits per heavy atom. The molecule has 0 saturated heterocycles. The summed E-state index contributed by atoms with van der Waals surface area (Å²) in [7, 11) is 0. The van der Waals surface area contributed by atoms with Crippen molar-refractivity contribution in [1.82, 2.24) is 30.4 Å². The normalized spacial score (nSPS) is 14.9. The summed E-state index contributed by atoms with van der Waals surface area (Å²) < 4.78 is 1.68. The lowest BCUT2D eigenvalue weighted by molar-refractivity contribution is 0.567. The molecule has 8 nitrogen and oxygen atoms in total. The summed E-state index contributed by atoms with van der Waals surface area (Å²) in [6.07, 6.45) is 0. The van der Waals surface area contributed by atoms with E-state index < -0.39 is 0 Å². The maximum atomic E-state index is 12.6. The van der Waals surface area contributed by atoms with Gasteiger partial charge in [-0.1, -0.05) is 65.3 Å². The highest BCUT2D eigenvalue weighted by atomic mass is 16.1. The summed E-state index contributed by atoms with van der Waals surface area (Å²) in [6.45, 7) is 2.03. The average Bonchev–Trinajstić information content (AvgIpc) is 3.17. The van der Waals surface area contributed by atoms with E-state index in [9.17, 15) is 4.79 Å². The van der Waals surface area contributed by atoms with Gasteiger partial charge in [0.15, 0.2) is 0 Å². The molecular formula is C19H15N7O. The van der Waals surface area contributed by atoms with Gasteiger partial charge < -0.3 is 5.32 Å². The highest BCUT2D eigenvalue weighted by Gasteiger charge is 2.34. The van der Waals surface area contributed by atoms with Gasteiger partial charge in [-0.05, 0) is 22.9 Å². The van der Waals surface area contributed by atoms with Crippen LogP contribution in [0.25, 0.3) is 11.3 Å². The van der Waals surface area contributed by atoms with Crippen molar-refractivity contribution in [2.24, 2.45) is 0 Å². The number of nitrogens with one attached hydrogen (secondary N) is 2. The monoisotopic (exact) mass is 357 g/mol. The van der Waals surface area contributed by atoms with Crippen LogP contribution < -0.4 is 10.9 Å². The van der Waals surface area contributed by atoms with E-state index in [-0.39, 0.29) is 11.6 Å². The van der Waals surface area contributed by atoms with Crippen LogP contribution in [0.2, 0.25) is 0 Å². The molecule has 27 heavy (non-hydrogen) atoms. The Morgan fingerprint density at radius 1 is 1.04 bits per heavy atom. The van der Waals surface area contributed by atoms with Crippen molar-refractivity contribution in [2.45, 2.75) is 13.0 Å². The minimum atomic E-state index is -0.364. The van der Waals surface area contributed by atoms with Crippen molar-refractivity contribution >= 4 is 11.6 Å². The maximum absolute atomic E-state index is 12.6. The number of benzene rings is 2. The Morgan fingerprint density at radius 3 is 2.59 bits per heavy atom. The van der Waals surface area contributed by atoms with Crippen LogP contribution in [0.3, 0.4) is 0 Å². The van der Waals surface area contributed by atoms with Gasteiger partial charge in [-0.15, -0.1) is 0 Å². The molecule has 0 radical (unpaired) electrons. The molecule has 0 bridgehead atoms. The van der Waals surface area contributed by atoms with Gasteiger partial charge in [-0.25, -0.2) is 5.10 Å². The van der Waals surface area contributed by atoms with Gasteiger partial charge in [-0.2, -0.15) is 9.78 Å². The third kappa shape index (κ3) is 2.42. The molecular weight excluding hydrogens is 342 g/mol. The first-order valence-corrected chi connectivity index (χ1v) is 8.52. The Bertz CT molecular complexity index is 1180. The Balaban J connectivity index is 1.83. The second kappa shape index (κ2) is 5.87. The number of tetrazole rings is 1. The van der Waals surface area contributed by atoms with Crippen LogP contribution >= 0.6 is 0 Å². The van der Waals surface area contributed by atoms with Gasteiger partial charge >= 0.3 is 0 Å². The maximum Gasteiger partial charge on any atom is 0.288 e. The lowest BCUT2D eigenvalue weighted by Crippen LogP contribution is -2.29. The average molecular weight is 357 g/mol. The third-order valence-electron chi connectivity index (χ3n) is 4.71. The van der Waals surface area contributed by atoms with Crippen molar-refractivity contribution in [3.05, 3.63) is 81.6 Å². The zero-order valence-corrected chi connectivity index (χ0v) is 14.4. The molecule has 0 saturated carbocycles. The van der Waals surface area contributed by atoms with Crippen molar-refractivity contribution in [1.29, 1.82) is 0 Å². The number of aryl methyl sites for hydroxylation is 1. The summed E-state index contributed by atoms with van der Waals surface area (Å²) in [5.41, 5.74) is 4.56. The number of aromatic nitrogens is 6. The smallest absolute Gasteiger partial charge is 0.288 e. The molecule has 1 atom stereocenters. The van der Waals surface area contributed by atoms with Crippen molar-refractivity contribution in [2.75, 3.05) is 5.32 Å². The summed E-state index contributed by atoms with van der Waals surface area (Å²) >= 11 is 0. The molecule has 1 aliphatic rings. The van der Waals surface area contributed by atoms with E-state index in [0.29, 0.717) is 17.3 Å². The Labute approximate surface area is 153 Å². The summed E-state index contributed by atoms with van der Waals surface area (Å²) in [6, 6.07) is 17.5. The van der Waals surface area contributed by atoms with Crippen LogP contribution in [-0.4, -0.2) is 30.4 Å². The van der Waals surface area contributed by atoms with Crippen LogP contribution in [0.1, 0.15) is 22.7 Å². The van der Waals surface area contributed by atoms with E-state index in [4.69, 9.17) is 0 Å². The SMILES string of the molecule is Cc1ccc(C2c3c(-c4ccccc4)n[nH]c(=O)c3Nc3nnnn32)cc1.